The number of ether oxygens (including phenoxy) is 1. The Morgan fingerprint density at radius 2 is 1.88 bits per heavy atom. The van der Waals surface area contributed by atoms with E-state index in [4.69, 9.17) is 4.74 Å². The van der Waals surface area contributed by atoms with Gasteiger partial charge in [0, 0.05) is 38.0 Å². The summed E-state index contributed by atoms with van der Waals surface area (Å²) in [4.78, 5) is 32.2. The number of fused-ring (bicyclic) bond motifs is 1. The van der Waals surface area contributed by atoms with E-state index in [1.165, 1.54) is 12.5 Å². The Morgan fingerprint density at radius 1 is 1.22 bits per heavy atom. The van der Waals surface area contributed by atoms with Gasteiger partial charge >= 0.3 is 0 Å². The maximum atomic E-state index is 13.4. The molecule has 4 rings (SSSR count). The number of rotatable bonds is 2. The number of aromatic amines is 1. The number of carbonyl (C=O) groups is 2. The van der Waals surface area contributed by atoms with Gasteiger partial charge in [0.15, 0.2) is 0 Å². The fourth-order valence-electron chi connectivity index (χ4n) is 5.42. The lowest BCUT2D eigenvalue weighted by atomic mass is 9.77. The average Bonchev–Trinajstić information content (AvgIpc) is 3.06. The van der Waals surface area contributed by atoms with E-state index in [0.717, 1.165) is 22.0 Å². The minimum Gasteiger partial charge on any atom is -0.386 e. The molecule has 0 aliphatic carbocycles. The third-order valence-electron chi connectivity index (χ3n) is 7.60. The highest BCUT2D eigenvalue weighted by molar-refractivity contribution is 6.01. The van der Waals surface area contributed by atoms with Crippen LogP contribution in [-0.2, 0) is 9.53 Å². The first-order chi connectivity index (χ1) is 14.9. The highest BCUT2D eigenvalue weighted by Gasteiger charge is 2.50. The monoisotopic (exact) mass is 441 g/mol. The van der Waals surface area contributed by atoms with Gasteiger partial charge in [0.2, 0.25) is 5.91 Å². The van der Waals surface area contributed by atoms with Crippen molar-refractivity contribution in [1.29, 1.82) is 0 Å². The van der Waals surface area contributed by atoms with Crippen molar-refractivity contribution in [3.63, 3.8) is 0 Å². The van der Waals surface area contributed by atoms with Crippen molar-refractivity contribution in [3.8, 4) is 0 Å². The Bertz CT molecular complexity index is 1060. The number of nitrogens with zero attached hydrogens (tertiary/aromatic N) is 2. The van der Waals surface area contributed by atoms with Crippen molar-refractivity contribution in [1.82, 2.24) is 14.8 Å². The topological polar surface area (TPSA) is 85.9 Å². The van der Waals surface area contributed by atoms with Crippen molar-refractivity contribution >= 4 is 22.7 Å². The molecule has 2 saturated heterocycles. The summed E-state index contributed by atoms with van der Waals surface area (Å²) >= 11 is 0. The lowest BCUT2D eigenvalue weighted by molar-refractivity contribution is -0.207. The molecular weight excluding hydrogens is 406 g/mol. The van der Waals surface area contributed by atoms with Crippen LogP contribution in [0.4, 0.5) is 0 Å². The number of H-pyrrole nitrogens is 1. The normalized spacial score (nSPS) is 25.3. The molecule has 1 aromatic carbocycles. The first-order valence-electron chi connectivity index (χ1n) is 11.4. The maximum Gasteiger partial charge on any atom is 0.270 e. The summed E-state index contributed by atoms with van der Waals surface area (Å²) in [6.45, 7) is 10.7. The summed E-state index contributed by atoms with van der Waals surface area (Å²) in [5, 5.41) is 11.9. The van der Waals surface area contributed by atoms with E-state index in [1.807, 2.05) is 11.8 Å². The van der Waals surface area contributed by atoms with E-state index < -0.39 is 11.2 Å². The first-order valence-corrected chi connectivity index (χ1v) is 11.4. The van der Waals surface area contributed by atoms with Gasteiger partial charge in [-0.1, -0.05) is 11.6 Å². The first kappa shape index (κ1) is 22.8. The number of likely N-dealkylation sites (tertiary alicyclic amines) is 1. The molecule has 2 N–H and O–H groups in total. The molecule has 3 heterocycles. The summed E-state index contributed by atoms with van der Waals surface area (Å²) < 4.78 is 6.18. The Kier molecular flexibility index (Phi) is 5.62. The smallest absolute Gasteiger partial charge is 0.270 e. The molecule has 2 fully saturated rings. The highest BCUT2D eigenvalue weighted by Crippen LogP contribution is 2.40. The van der Waals surface area contributed by atoms with Crippen molar-refractivity contribution in [2.45, 2.75) is 71.1 Å². The number of benzene rings is 1. The molecule has 0 saturated carbocycles. The lowest BCUT2D eigenvalue weighted by Gasteiger charge is -2.52. The minimum atomic E-state index is -1.09. The number of likely N-dealkylation sites (N-methyl/N-ethyl adjacent to an activating group) is 1. The Labute approximate surface area is 189 Å². The van der Waals surface area contributed by atoms with Crippen LogP contribution in [0.2, 0.25) is 0 Å². The third kappa shape index (κ3) is 3.82. The van der Waals surface area contributed by atoms with E-state index in [9.17, 15) is 14.7 Å². The summed E-state index contributed by atoms with van der Waals surface area (Å²) in [5.41, 5.74) is 3.50. The zero-order valence-electron chi connectivity index (χ0n) is 20.0. The van der Waals surface area contributed by atoms with Gasteiger partial charge in [-0.25, -0.2) is 0 Å². The molecule has 174 valence electrons. The largest absolute Gasteiger partial charge is 0.386 e. The predicted octanol–water partition coefficient (Wildman–Crippen LogP) is 3.09. The van der Waals surface area contributed by atoms with E-state index in [-0.39, 0.29) is 24.5 Å². The highest BCUT2D eigenvalue weighted by atomic mass is 16.5. The molecular formula is C25H35N3O4. The van der Waals surface area contributed by atoms with Crippen molar-refractivity contribution in [2.24, 2.45) is 0 Å². The van der Waals surface area contributed by atoms with Gasteiger partial charge in [-0.2, -0.15) is 0 Å². The van der Waals surface area contributed by atoms with Crippen LogP contribution in [0, 0.1) is 20.8 Å². The number of aryl methyl sites for hydroxylation is 3. The molecule has 2 atom stereocenters. The number of hydrogen-bond donors (Lipinski definition) is 2. The zero-order chi connectivity index (χ0) is 23.4. The molecule has 2 aromatic rings. The van der Waals surface area contributed by atoms with E-state index in [0.29, 0.717) is 38.0 Å². The molecule has 0 radical (unpaired) electrons. The number of amides is 2. The quantitative estimate of drug-likeness (QED) is 0.750. The molecule has 7 heteroatoms. The summed E-state index contributed by atoms with van der Waals surface area (Å²) in [6.07, 6.45) is 1.95. The van der Waals surface area contributed by atoms with Crippen LogP contribution < -0.4 is 0 Å². The summed E-state index contributed by atoms with van der Waals surface area (Å²) in [6, 6.07) is 3.95. The summed E-state index contributed by atoms with van der Waals surface area (Å²) in [7, 11) is 1.74. The molecule has 1 aromatic heterocycles. The van der Waals surface area contributed by atoms with Crippen LogP contribution in [0.3, 0.4) is 0 Å². The van der Waals surface area contributed by atoms with Gasteiger partial charge in [-0.15, -0.1) is 0 Å². The van der Waals surface area contributed by atoms with Gasteiger partial charge < -0.3 is 24.6 Å². The van der Waals surface area contributed by atoms with Crippen LogP contribution in [0.1, 0.15) is 60.3 Å². The lowest BCUT2D eigenvalue weighted by Crippen LogP contribution is -2.64. The second-order valence-corrected chi connectivity index (χ2v) is 10.1. The molecule has 2 aliphatic heterocycles. The van der Waals surface area contributed by atoms with Crippen LogP contribution >= 0.6 is 0 Å². The molecule has 0 unspecified atom stereocenters. The van der Waals surface area contributed by atoms with Gasteiger partial charge in [-0.3, -0.25) is 9.59 Å². The van der Waals surface area contributed by atoms with Crippen LogP contribution in [0.25, 0.3) is 10.9 Å². The van der Waals surface area contributed by atoms with Gasteiger partial charge in [0.1, 0.15) is 11.3 Å². The van der Waals surface area contributed by atoms with E-state index >= 15 is 0 Å². The van der Waals surface area contributed by atoms with Crippen molar-refractivity contribution in [2.75, 3.05) is 26.7 Å². The number of hydrogen-bond acceptors (Lipinski definition) is 4. The molecule has 2 amide bonds. The second kappa shape index (κ2) is 7.89. The molecule has 7 nitrogen and oxygen atoms in total. The maximum absolute atomic E-state index is 13.4. The standard InChI is InChI=1S/C25H35N3O4/c1-15-11-16(2)21-19(12-15)17(3)22(26-21)23(30)28-9-7-25(8-10-28)13-20(27(6)18(4)29)24(5,31)14-32-25/h11-12,20,26,31H,7-10,13-14H2,1-6H3/t20-,24-/m0/s1. The predicted molar refractivity (Wildman–Crippen MR) is 124 cm³/mol. The average molecular weight is 442 g/mol. The Morgan fingerprint density at radius 3 is 2.50 bits per heavy atom. The van der Waals surface area contributed by atoms with Crippen LogP contribution in [0.15, 0.2) is 12.1 Å². The number of carbonyl (C=O) groups excluding carboxylic acids is 2. The zero-order valence-corrected chi connectivity index (χ0v) is 20.0. The fraction of sp³-hybridized carbons (Fsp3) is 0.600. The molecule has 1 spiro atoms. The Hall–Kier alpha value is -2.38. The molecule has 32 heavy (non-hydrogen) atoms. The van der Waals surface area contributed by atoms with Gasteiger partial charge in [0.25, 0.3) is 5.91 Å². The molecule has 2 aliphatic rings. The van der Waals surface area contributed by atoms with E-state index in [1.54, 1.807) is 18.9 Å². The van der Waals surface area contributed by atoms with Crippen LogP contribution in [-0.4, -0.2) is 75.7 Å². The number of nitrogens with one attached hydrogen (secondary N) is 1. The fourth-order valence-corrected chi connectivity index (χ4v) is 5.42. The number of aromatic nitrogens is 1. The van der Waals surface area contributed by atoms with Gasteiger partial charge in [-0.05, 0) is 64.2 Å². The molecule has 0 bridgehead atoms. The second-order valence-electron chi connectivity index (χ2n) is 10.1. The third-order valence-corrected chi connectivity index (χ3v) is 7.60. The van der Waals surface area contributed by atoms with E-state index in [2.05, 4.69) is 31.0 Å². The SMILES string of the molecule is CC(=O)N(C)[C@H]1CC2(CCN(C(=O)c3[nH]c4c(C)cc(C)cc4c3C)CC2)OC[C@]1(C)O. The number of piperidine rings is 1. The van der Waals surface area contributed by atoms with Gasteiger partial charge in [0.05, 0.1) is 18.2 Å². The van der Waals surface area contributed by atoms with Crippen molar-refractivity contribution in [3.05, 3.63) is 34.5 Å². The minimum absolute atomic E-state index is 0.0193. The van der Waals surface area contributed by atoms with Crippen LogP contribution in [0.5, 0.6) is 0 Å². The number of aliphatic hydroxyl groups is 1. The Balaban J connectivity index is 1.51. The summed E-state index contributed by atoms with van der Waals surface area (Å²) in [5.74, 6) is -0.0504. The van der Waals surface area contributed by atoms with Crippen molar-refractivity contribution < 1.29 is 19.4 Å².